The van der Waals surface area contributed by atoms with Crippen LogP contribution in [-0.4, -0.2) is 10.8 Å². The van der Waals surface area contributed by atoms with E-state index in [0.29, 0.717) is 6.42 Å². The summed E-state index contributed by atoms with van der Waals surface area (Å²) in [7, 11) is 0. The molecule has 2 nitrogen and oxygen atoms in total. The Morgan fingerprint density at radius 2 is 1.84 bits per heavy atom. The number of halogens is 2. The Labute approximate surface area is 110 Å². The van der Waals surface area contributed by atoms with Crippen LogP contribution in [-0.2, 0) is 17.6 Å². The summed E-state index contributed by atoms with van der Waals surface area (Å²) >= 11 is 0. The standard InChI is InChI=1S/C15H13F2NO/c16-14-4-1-5-15(17)13(14)9-12(19)7-6-11-3-2-8-18-10-11/h1-5,8,10H,6-7,9H2. The number of carbonyl (C=O) groups excluding carboxylic acids is 1. The Morgan fingerprint density at radius 1 is 1.11 bits per heavy atom. The van der Waals surface area contributed by atoms with Crippen LogP contribution in [0.2, 0.25) is 0 Å². The molecule has 19 heavy (non-hydrogen) atoms. The second-order valence-electron chi connectivity index (χ2n) is 4.28. The fourth-order valence-corrected chi connectivity index (χ4v) is 1.82. The molecule has 0 fully saturated rings. The van der Waals surface area contributed by atoms with Gasteiger partial charge in [-0.3, -0.25) is 9.78 Å². The average Bonchev–Trinajstić information content (AvgIpc) is 2.42. The first-order chi connectivity index (χ1) is 9.16. The summed E-state index contributed by atoms with van der Waals surface area (Å²) in [6.07, 6.45) is 3.90. The topological polar surface area (TPSA) is 30.0 Å². The van der Waals surface area contributed by atoms with Gasteiger partial charge in [0.1, 0.15) is 17.4 Å². The van der Waals surface area contributed by atoms with Gasteiger partial charge in [-0.25, -0.2) is 8.78 Å². The van der Waals surface area contributed by atoms with Gasteiger partial charge in [-0.1, -0.05) is 12.1 Å². The minimum atomic E-state index is -0.672. The summed E-state index contributed by atoms with van der Waals surface area (Å²) in [5, 5.41) is 0. The molecule has 1 aromatic heterocycles. The molecule has 0 saturated heterocycles. The molecule has 0 N–H and O–H groups in total. The number of benzene rings is 1. The molecule has 1 aromatic carbocycles. The van der Waals surface area contributed by atoms with E-state index in [1.165, 1.54) is 6.07 Å². The molecule has 0 atom stereocenters. The highest BCUT2D eigenvalue weighted by Gasteiger charge is 2.12. The van der Waals surface area contributed by atoms with Crippen molar-refractivity contribution in [2.75, 3.05) is 0 Å². The highest BCUT2D eigenvalue weighted by atomic mass is 19.1. The third kappa shape index (κ3) is 3.68. The molecule has 2 aromatic rings. The lowest BCUT2D eigenvalue weighted by Gasteiger charge is -2.04. The summed E-state index contributed by atoms with van der Waals surface area (Å²) in [6.45, 7) is 0. The number of aryl methyl sites for hydroxylation is 1. The van der Waals surface area contributed by atoms with Gasteiger partial charge in [0.15, 0.2) is 0 Å². The van der Waals surface area contributed by atoms with E-state index in [-0.39, 0.29) is 24.2 Å². The largest absolute Gasteiger partial charge is 0.299 e. The van der Waals surface area contributed by atoms with E-state index in [2.05, 4.69) is 4.98 Å². The van der Waals surface area contributed by atoms with Gasteiger partial charge in [-0.2, -0.15) is 0 Å². The molecule has 1 heterocycles. The molecule has 0 aliphatic carbocycles. The maximum Gasteiger partial charge on any atom is 0.137 e. The van der Waals surface area contributed by atoms with Crippen molar-refractivity contribution >= 4 is 5.78 Å². The van der Waals surface area contributed by atoms with E-state index in [0.717, 1.165) is 17.7 Å². The average molecular weight is 261 g/mol. The number of carbonyl (C=O) groups is 1. The molecule has 98 valence electrons. The quantitative estimate of drug-likeness (QED) is 0.827. The van der Waals surface area contributed by atoms with Crippen LogP contribution in [0.3, 0.4) is 0 Å². The fraction of sp³-hybridized carbons (Fsp3) is 0.200. The van der Waals surface area contributed by atoms with Crippen LogP contribution < -0.4 is 0 Å². The van der Waals surface area contributed by atoms with Gasteiger partial charge in [0, 0.05) is 30.8 Å². The van der Waals surface area contributed by atoms with Crippen molar-refractivity contribution in [1.82, 2.24) is 4.98 Å². The van der Waals surface area contributed by atoms with Gasteiger partial charge in [-0.05, 0) is 30.2 Å². The minimum absolute atomic E-state index is 0.154. The summed E-state index contributed by atoms with van der Waals surface area (Å²) in [6, 6.07) is 7.26. The number of nitrogens with zero attached hydrogens (tertiary/aromatic N) is 1. The van der Waals surface area contributed by atoms with Crippen LogP contribution >= 0.6 is 0 Å². The number of ketones is 1. The minimum Gasteiger partial charge on any atom is -0.299 e. The van der Waals surface area contributed by atoms with Crippen LogP contribution in [0.25, 0.3) is 0 Å². The zero-order valence-corrected chi connectivity index (χ0v) is 10.3. The van der Waals surface area contributed by atoms with E-state index in [1.54, 1.807) is 18.5 Å². The number of hydrogen-bond donors (Lipinski definition) is 0. The molecule has 0 aliphatic heterocycles. The number of pyridine rings is 1. The maximum atomic E-state index is 13.4. The second-order valence-corrected chi connectivity index (χ2v) is 4.28. The Morgan fingerprint density at radius 3 is 2.47 bits per heavy atom. The van der Waals surface area contributed by atoms with Gasteiger partial charge in [0.25, 0.3) is 0 Å². The van der Waals surface area contributed by atoms with Crippen molar-refractivity contribution < 1.29 is 13.6 Å². The molecular weight excluding hydrogens is 248 g/mol. The van der Waals surface area contributed by atoms with Crippen LogP contribution in [0.5, 0.6) is 0 Å². The monoisotopic (exact) mass is 261 g/mol. The number of Topliss-reactive ketones (excluding diaryl/α,β-unsaturated/α-hetero) is 1. The van der Waals surface area contributed by atoms with Gasteiger partial charge < -0.3 is 0 Å². The Hall–Kier alpha value is -2.10. The highest BCUT2D eigenvalue weighted by Crippen LogP contribution is 2.14. The molecule has 4 heteroatoms. The zero-order valence-electron chi connectivity index (χ0n) is 10.3. The molecule has 0 unspecified atom stereocenters. The fourth-order valence-electron chi connectivity index (χ4n) is 1.82. The third-order valence-electron chi connectivity index (χ3n) is 2.85. The molecule has 0 saturated carbocycles. The van der Waals surface area contributed by atoms with E-state index in [1.807, 2.05) is 6.07 Å². The summed E-state index contributed by atoms with van der Waals surface area (Å²) in [5.41, 5.74) is 0.781. The van der Waals surface area contributed by atoms with Crippen molar-refractivity contribution in [3.05, 3.63) is 65.5 Å². The lowest BCUT2D eigenvalue weighted by molar-refractivity contribution is -0.118. The van der Waals surface area contributed by atoms with Crippen LogP contribution in [0.15, 0.2) is 42.7 Å². The molecular formula is C15H13F2NO. The predicted octanol–water partition coefficient (Wildman–Crippen LogP) is 3.10. The molecule has 0 aliphatic rings. The van der Waals surface area contributed by atoms with Crippen LogP contribution in [0.1, 0.15) is 17.5 Å². The second kappa shape index (κ2) is 6.18. The van der Waals surface area contributed by atoms with Gasteiger partial charge >= 0.3 is 0 Å². The third-order valence-corrected chi connectivity index (χ3v) is 2.85. The Kier molecular flexibility index (Phi) is 4.34. The molecule has 0 amide bonds. The Bertz CT molecular complexity index is 549. The summed E-state index contributed by atoms with van der Waals surface area (Å²) in [5.74, 6) is -1.53. The maximum absolute atomic E-state index is 13.4. The smallest absolute Gasteiger partial charge is 0.137 e. The lowest BCUT2D eigenvalue weighted by atomic mass is 10.0. The summed E-state index contributed by atoms with van der Waals surface area (Å²) in [4.78, 5) is 15.7. The van der Waals surface area contributed by atoms with E-state index in [9.17, 15) is 13.6 Å². The van der Waals surface area contributed by atoms with Crippen LogP contribution in [0, 0.1) is 11.6 Å². The molecule has 0 spiro atoms. The van der Waals surface area contributed by atoms with Crippen molar-refractivity contribution in [1.29, 1.82) is 0 Å². The Balaban J connectivity index is 1.95. The zero-order chi connectivity index (χ0) is 13.7. The van der Waals surface area contributed by atoms with E-state index in [4.69, 9.17) is 0 Å². The molecule has 2 rings (SSSR count). The number of aromatic nitrogens is 1. The van der Waals surface area contributed by atoms with Gasteiger partial charge in [-0.15, -0.1) is 0 Å². The lowest BCUT2D eigenvalue weighted by Crippen LogP contribution is -2.08. The number of hydrogen-bond acceptors (Lipinski definition) is 2. The van der Waals surface area contributed by atoms with Crippen molar-refractivity contribution in [3.63, 3.8) is 0 Å². The first kappa shape index (κ1) is 13.3. The van der Waals surface area contributed by atoms with Crippen molar-refractivity contribution in [3.8, 4) is 0 Å². The first-order valence-electron chi connectivity index (χ1n) is 6.00. The normalized spacial score (nSPS) is 10.4. The summed E-state index contributed by atoms with van der Waals surface area (Å²) < 4.78 is 26.7. The van der Waals surface area contributed by atoms with Crippen molar-refractivity contribution in [2.45, 2.75) is 19.3 Å². The van der Waals surface area contributed by atoms with E-state index < -0.39 is 11.6 Å². The number of rotatable bonds is 5. The van der Waals surface area contributed by atoms with Crippen molar-refractivity contribution in [2.24, 2.45) is 0 Å². The van der Waals surface area contributed by atoms with Crippen LogP contribution in [0.4, 0.5) is 8.78 Å². The van der Waals surface area contributed by atoms with E-state index >= 15 is 0 Å². The van der Waals surface area contributed by atoms with Gasteiger partial charge in [0.2, 0.25) is 0 Å². The first-order valence-corrected chi connectivity index (χ1v) is 6.00. The SMILES string of the molecule is O=C(CCc1cccnc1)Cc1c(F)cccc1F. The molecule has 0 bridgehead atoms. The van der Waals surface area contributed by atoms with Gasteiger partial charge in [0.05, 0.1) is 0 Å². The predicted molar refractivity (Wildman–Crippen MR) is 67.6 cm³/mol. The molecule has 0 radical (unpaired) electrons. The highest BCUT2D eigenvalue weighted by molar-refractivity contribution is 5.81.